The van der Waals surface area contributed by atoms with Crippen LogP contribution in [0.3, 0.4) is 0 Å². The molecule has 0 saturated heterocycles. The highest BCUT2D eigenvalue weighted by molar-refractivity contribution is 5.37. The van der Waals surface area contributed by atoms with Gasteiger partial charge in [-0.15, -0.1) is 0 Å². The molecule has 1 saturated carbocycles. The van der Waals surface area contributed by atoms with E-state index in [1.807, 2.05) is 0 Å². The predicted molar refractivity (Wildman–Crippen MR) is 62.1 cm³/mol. The Morgan fingerprint density at radius 1 is 1.41 bits per heavy atom. The van der Waals surface area contributed by atoms with Crippen LogP contribution in [0.25, 0.3) is 0 Å². The second-order valence-electron chi connectivity index (χ2n) is 4.75. The largest absolute Gasteiger partial charge is 0.325 e. The average molecular weight is 238 g/mol. The molecule has 1 fully saturated rings. The third-order valence-electron chi connectivity index (χ3n) is 3.40. The van der Waals surface area contributed by atoms with Gasteiger partial charge in [0.2, 0.25) is 5.82 Å². The Labute approximate surface area is 98.8 Å². The molecule has 5 heteroatoms. The van der Waals surface area contributed by atoms with Gasteiger partial charge < -0.3 is 5.73 Å². The summed E-state index contributed by atoms with van der Waals surface area (Å²) in [6.45, 7) is 0. The van der Waals surface area contributed by atoms with Crippen molar-refractivity contribution in [3.8, 4) is 0 Å². The lowest BCUT2D eigenvalue weighted by molar-refractivity contribution is -0.387. The molecule has 1 aromatic rings. The molecule has 0 amide bonds. The molecule has 0 bridgehead atoms. The van der Waals surface area contributed by atoms with Gasteiger partial charge in [0.1, 0.15) is 0 Å². The maximum atomic E-state index is 13.8. The van der Waals surface area contributed by atoms with Gasteiger partial charge in [-0.3, -0.25) is 10.1 Å². The monoisotopic (exact) mass is 238 g/mol. The summed E-state index contributed by atoms with van der Waals surface area (Å²) in [7, 11) is 0. The molecule has 4 nitrogen and oxygen atoms in total. The van der Waals surface area contributed by atoms with Gasteiger partial charge in [-0.25, -0.2) is 0 Å². The number of nitro benzene ring substituents is 1. The molecule has 1 aliphatic carbocycles. The number of nitrogens with two attached hydrogens (primary N) is 1. The van der Waals surface area contributed by atoms with E-state index in [1.165, 1.54) is 12.1 Å². The van der Waals surface area contributed by atoms with Gasteiger partial charge in [-0.1, -0.05) is 25.0 Å². The molecule has 0 spiro atoms. The molecule has 1 aliphatic rings. The fourth-order valence-electron chi connectivity index (χ4n) is 2.48. The topological polar surface area (TPSA) is 69.2 Å². The first kappa shape index (κ1) is 12.0. The standard InChI is InChI=1S/C12H15FN2O2/c13-11-9(4-3-5-10(11)15(16)17)8-12(14)6-1-2-7-12/h3-5H,1-2,6-8,14H2. The van der Waals surface area contributed by atoms with E-state index < -0.39 is 22.0 Å². The zero-order chi connectivity index (χ0) is 12.5. The summed E-state index contributed by atoms with van der Waals surface area (Å²) in [5.41, 5.74) is 5.64. The smallest absolute Gasteiger partial charge is 0.305 e. The van der Waals surface area contributed by atoms with Crippen LogP contribution in [0.5, 0.6) is 0 Å². The second-order valence-corrected chi connectivity index (χ2v) is 4.75. The fourth-order valence-corrected chi connectivity index (χ4v) is 2.48. The summed E-state index contributed by atoms with van der Waals surface area (Å²) in [4.78, 5) is 9.93. The average Bonchev–Trinajstić information content (AvgIpc) is 2.68. The molecule has 0 aliphatic heterocycles. The highest BCUT2D eigenvalue weighted by Gasteiger charge is 2.31. The Balaban J connectivity index is 2.27. The molecule has 2 rings (SSSR count). The molecule has 0 aromatic heterocycles. The van der Waals surface area contributed by atoms with Crippen molar-refractivity contribution in [1.29, 1.82) is 0 Å². The van der Waals surface area contributed by atoms with Crippen LogP contribution in [0.1, 0.15) is 31.2 Å². The summed E-state index contributed by atoms with van der Waals surface area (Å²) in [6, 6.07) is 4.26. The van der Waals surface area contributed by atoms with Crippen LogP contribution in [-0.2, 0) is 6.42 Å². The van der Waals surface area contributed by atoms with Crippen molar-refractivity contribution in [2.75, 3.05) is 0 Å². The van der Waals surface area contributed by atoms with E-state index in [4.69, 9.17) is 5.73 Å². The minimum absolute atomic E-state index is 0.351. The number of hydrogen-bond acceptors (Lipinski definition) is 3. The Kier molecular flexibility index (Phi) is 3.11. The molecule has 0 unspecified atom stereocenters. The van der Waals surface area contributed by atoms with E-state index in [9.17, 15) is 14.5 Å². The Hall–Kier alpha value is -1.49. The van der Waals surface area contributed by atoms with Crippen LogP contribution in [0.2, 0.25) is 0 Å². The van der Waals surface area contributed by atoms with E-state index in [0.717, 1.165) is 25.7 Å². The fraction of sp³-hybridized carbons (Fsp3) is 0.500. The quantitative estimate of drug-likeness (QED) is 0.649. The highest BCUT2D eigenvalue weighted by Crippen LogP contribution is 2.32. The maximum Gasteiger partial charge on any atom is 0.305 e. The van der Waals surface area contributed by atoms with Crippen molar-refractivity contribution in [3.05, 3.63) is 39.7 Å². The Bertz CT molecular complexity index is 442. The summed E-state index contributed by atoms with van der Waals surface area (Å²) in [6.07, 6.45) is 4.19. The number of benzene rings is 1. The van der Waals surface area contributed by atoms with Crippen molar-refractivity contribution in [3.63, 3.8) is 0 Å². The van der Waals surface area contributed by atoms with E-state index in [1.54, 1.807) is 6.07 Å². The van der Waals surface area contributed by atoms with E-state index in [2.05, 4.69) is 0 Å². The van der Waals surface area contributed by atoms with Gasteiger partial charge in [0.05, 0.1) is 4.92 Å². The minimum atomic E-state index is -0.741. The molecule has 92 valence electrons. The van der Waals surface area contributed by atoms with Crippen LogP contribution >= 0.6 is 0 Å². The number of hydrogen-bond donors (Lipinski definition) is 1. The van der Waals surface area contributed by atoms with Gasteiger partial charge >= 0.3 is 5.69 Å². The number of halogens is 1. The maximum absolute atomic E-state index is 13.8. The molecule has 1 aromatic carbocycles. The number of nitro groups is 1. The third kappa shape index (κ3) is 2.44. The van der Waals surface area contributed by atoms with Crippen molar-refractivity contribution in [2.45, 2.75) is 37.6 Å². The Morgan fingerprint density at radius 2 is 2.06 bits per heavy atom. The van der Waals surface area contributed by atoms with Gasteiger partial charge in [-0.05, 0) is 24.8 Å². The molecule has 0 radical (unpaired) electrons. The summed E-state index contributed by atoms with van der Waals surface area (Å²) >= 11 is 0. The van der Waals surface area contributed by atoms with Crippen LogP contribution in [0.15, 0.2) is 18.2 Å². The summed E-state index contributed by atoms with van der Waals surface area (Å²) in [5.74, 6) is -0.741. The van der Waals surface area contributed by atoms with Gasteiger partial charge in [0.15, 0.2) is 0 Å². The van der Waals surface area contributed by atoms with Crippen molar-refractivity contribution in [2.24, 2.45) is 5.73 Å². The first-order valence-electron chi connectivity index (χ1n) is 5.72. The molecule has 0 heterocycles. The predicted octanol–water partition coefficient (Wildman–Crippen LogP) is 2.55. The van der Waals surface area contributed by atoms with Gasteiger partial charge in [0.25, 0.3) is 0 Å². The number of rotatable bonds is 3. The first-order chi connectivity index (χ1) is 8.02. The summed E-state index contributed by atoms with van der Waals surface area (Å²) in [5, 5.41) is 10.6. The van der Waals surface area contributed by atoms with Crippen molar-refractivity contribution < 1.29 is 9.31 Å². The van der Waals surface area contributed by atoms with Crippen molar-refractivity contribution >= 4 is 5.69 Å². The highest BCUT2D eigenvalue weighted by atomic mass is 19.1. The zero-order valence-electron chi connectivity index (χ0n) is 9.49. The third-order valence-corrected chi connectivity index (χ3v) is 3.40. The molecule has 17 heavy (non-hydrogen) atoms. The Morgan fingerprint density at radius 3 is 2.65 bits per heavy atom. The van der Waals surface area contributed by atoms with Crippen LogP contribution in [0.4, 0.5) is 10.1 Å². The molecule has 0 atom stereocenters. The minimum Gasteiger partial charge on any atom is -0.325 e. The lowest BCUT2D eigenvalue weighted by atomic mass is 9.90. The van der Waals surface area contributed by atoms with E-state index >= 15 is 0 Å². The first-order valence-corrected chi connectivity index (χ1v) is 5.72. The van der Waals surface area contributed by atoms with Crippen molar-refractivity contribution in [1.82, 2.24) is 0 Å². The molecular weight excluding hydrogens is 223 g/mol. The molecule has 2 N–H and O–H groups in total. The SMILES string of the molecule is NC1(Cc2cccc([N+](=O)[O-])c2F)CCCC1. The lowest BCUT2D eigenvalue weighted by Crippen LogP contribution is -2.39. The molecular formula is C12H15FN2O2. The normalized spacial score (nSPS) is 18.2. The number of nitrogens with zero attached hydrogens (tertiary/aromatic N) is 1. The van der Waals surface area contributed by atoms with E-state index in [-0.39, 0.29) is 0 Å². The second kappa shape index (κ2) is 4.41. The van der Waals surface area contributed by atoms with Crippen LogP contribution in [-0.4, -0.2) is 10.5 Å². The van der Waals surface area contributed by atoms with Gasteiger partial charge in [0, 0.05) is 11.6 Å². The van der Waals surface area contributed by atoms with E-state index in [0.29, 0.717) is 12.0 Å². The zero-order valence-corrected chi connectivity index (χ0v) is 9.49. The van der Waals surface area contributed by atoms with Crippen LogP contribution in [0, 0.1) is 15.9 Å². The lowest BCUT2D eigenvalue weighted by Gasteiger charge is -2.23. The van der Waals surface area contributed by atoms with Gasteiger partial charge in [-0.2, -0.15) is 4.39 Å². The summed E-state index contributed by atoms with van der Waals surface area (Å²) < 4.78 is 13.8. The van der Waals surface area contributed by atoms with Crippen LogP contribution < -0.4 is 5.73 Å².